The molecule has 1 amide bonds. The summed E-state index contributed by atoms with van der Waals surface area (Å²) in [6, 6.07) is 2.12. The Morgan fingerprint density at radius 3 is 2.75 bits per heavy atom. The van der Waals surface area contributed by atoms with Crippen molar-refractivity contribution >= 4 is 5.91 Å². The van der Waals surface area contributed by atoms with Crippen molar-refractivity contribution in [3.63, 3.8) is 0 Å². The average molecular weight is 221 g/mol. The fourth-order valence-electron chi connectivity index (χ4n) is 2.32. The molecule has 0 aromatic carbocycles. The molecule has 88 valence electrons. The van der Waals surface area contributed by atoms with E-state index in [2.05, 4.69) is 29.8 Å². The minimum atomic E-state index is -0.0267. The highest BCUT2D eigenvalue weighted by molar-refractivity contribution is 5.77. The molecule has 2 heterocycles. The monoisotopic (exact) mass is 221 g/mol. The van der Waals surface area contributed by atoms with Crippen LogP contribution in [0.5, 0.6) is 0 Å². The van der Waals surface area contributed by atoms with Crippen LogP contribution in [-0.4, -0.2) is 16.5 Å². The summed E-state index contributed by atoms with van der Waals surface area (Å²) >= 11 is 0. The Labute approximate surface area is 95.8 Å². The molecule has 0 radical (unpaired) electrons. The maximum atomic E-state index is 11.4. The van der Waals surface area contributed by atoms with Gasteiger partial charge in [-0.3, -0.25) is 4.79 Å². The Balaban J connectivity index is 2.35. The first kappa shape index (κ1) is 11.2. The fourth-order valence-corrected chi connectivity index (χ4v) is 2.32. The highest BCUT2D eigenvalue weighted by Gasteiger charge is 2.29. The number of aromatic nitrogens is 1. The van der Waals surface area contributed by atoms with Gasteiger partial charge in [-0.25, -0.2) is 0 Å². The van der Waals surface area contributed by atoms with Gasteiger partial charge in [0, 0.05) is 30.9 Å². The van der Waals surface area contributed by atoms with Crippen LogP contribution in [0.15, 0.2) is 6.07 Å². The molecule has 1 saturated heterocycles. The molecule has 4 heteroatoms. The second-order valence-corrected chi connectivity index (χ2v) is 4.63. The number of carbonyl (C=O) groups is 1. The lowest BCUT2D eigenvalue weighted by Crippen LogP contribution is -2.45. The molecular weight excluding hydrogens is 202 g/mol. The van der Waals surface area contributed by atoms with Gasteiger partial charge in [0.2, 0.25) is 5.91 Å². The summed E-state index contributed by atoms with van der Waals surface area (Å²) in [4.78, 5) is 11.4. The molecular formula is C12H19N3O. The number of amides is 1. The number of carbonyl (C=O) groups excluding carboxylic acids is 1. The molecule has 2 atom stereocenters. The summed E-state index contributed by atoms with van der Waals surface area (Å²) in [6.07, 6.45) is 1.31. The topological polar surface area (TPSA) is 60.1 Å². The number of hydrogen-bond donors (Lipinski definition) is 2. The van der Waals surface area contributed by atoms with Crippen LogP contribution >= 0.6 is 0 Å². The van der Waals surface area contributed by atoms with E-state index in [1.807, 2.05) is 7.05 Å². The van der Waals surface area contributed by atoms with Gasteiger partial charge in [0.25, 0.3) is 0 Å². The molecule has 0 spiro atoms. The number of piperidine rings is 1. The second-order valence-electron chi connectivity index (χ2n) is 4.63. The van der Waals surface area contributed by atoms with Crippen molar-refractivity contribution in [2.45, 2.75) is 38.8 Å². The second kappa shape index (κ2) is 3.94. The molecule has 0 unspecified atom stereocenters. The lowest BCUT2D eigenvalue weighted by Gasteiger charge is -2.29. The van der Waals surface area contributed by atoms with Gasteiger partial charge >= 0.3 is 0 Å². The minimum absolute atomic E-state index is 0.0261. The van der Waals surface area contributed by atoms with Crippen LogP contribution in [0.25, 0.3) is 0 Å². The Hall–Kier alpha value is -1.29. The molecule has 3 N–H and O–H groups in total. The predicted octanol–water partition coefficient (Wildman–Crippen LogP) is 0.920. The highest BCUT2D eigenvalue weighted by Crippen LogP contribution is 2.27. The predicted molar refractivity (Wildman–Crippen MR) is 63.0 cm³/mol. The van der Waals surface area contributed by atoms with Crippen molar-refractivity contribution in [3.8, 4) is 0 Å². The summed E-state index contributed by atoms with van der Waals surface area (Å²) in [7, 11) is 2.03. The van der Waals surface area contributed by atoms with Crippen molar-refractivity contribution in [1.29, 1.82) is 0 Å². The Bertz CT molecular complexity index is 422. The van der Waals surface area contributed by atoms with Crippen molar-refractivity contribution in [3.05, 3.63) is 23.0 Å². The summed E-state index contributed by atoms with van der Waals surface area (Å²) < 4.78 is 2.13. The Morgan fingerprint density at radius 1 is 1.50 bits per heavy atom. The fraction of sp³-hybridized carbons (Fsp3) is 0.583. The van der Waals surface area contributed by atoms with Gasteiger partial charge in [-0.15, -0.1) is 0 Å². The maximum absolute atomic E-state index is 11.4. The highest BCUT2D eigenvalue weighted by atomic mass is 16.1. The van der Waals surface area contributed by atoms with Crippen molar-refractivity contribution in [2.75, 3.05) is 0 Å². The lowest BCUT2D eigenvalue weighted by atomic mass is 9.93. The number of hydrogen-bond acceptors (Lipinski definition) is 2. The quantitative estimate of drug-likeness (QED) is 0.741. The molecule has 1 aromatic heterocycles. The third kappa shape index (κ3) is 1.73. The van der Waals surface area contributed by atoms with Gasteiger partial charge in [-0.1, -0.05) is 0 Å². The van der Waals surface area contributed by atoms with E-state index in [4.69, 9.17) is 5.73 Å². The normalized spacial score (nSPS) is 25.6. The molecule has 2 rings (SSSR count). The third-order valence-electron chi connectivity index (χ3n) is 3.60. The molecule has 0 aliphatic carbocycles. The van der Waals surface area contributed by atoms with Gasteiger partial charge in [0.1, 0.15) is 0 Å². The Morgan fingerprint density at radius 2 is 2.19 bits per heavy atom. The van der Waals surface area contributed by atoms with Gasteiger partial charge in [-0.2, -0.15) is 0 Å². The van der Waals surface area contributed by atoms with Gasteiger partial charge < -0.3 is 15.6 Å². The molecule has 1 aliphatic rings. The van der Waals surface area contributed by atoms with E-state index in [1.54, 1.807) is 0 Å². The first-order chi connectivity index (χ1) is 7.50. The van der Waals surface area contributed by atoms with Crippen LogP contribution < -0.4 is 11.1 Å². The number of aryl methyl sites for hydroxylation is 1. The molecule has 1 fully saturated rings. The van der Waals surface area contributed by atoms with Crippen LogP contribution in [0.3, 0.4) is 0 Å². The summed E-state index contributed by atoms with van der Waals surface area (Å²) in [5, 5.41) is 2.99. The molecule has 0 bridgehead atoms. The first-order valence-electron chi connectivity index (χ1n) is 5.68. The first-order valence-corrected chi connectivity index (χ1v) is 5.68. The summed E-state index contributed by atoms with van der Waals surface area (Å²) in [5.74, 6) is 0.104. The standard InChI is InChI=1S/C12H19N3O/c1-7-6-9(8(2)15(7)3)12-10(13)4-5-11(16)14-12/h6,10,12H,4-5,13H2,1-3H3,(H,14,16)/t10-,12+/m0/s1. The Kier molecular flexibility index (Phi) is 2.76. The maximum Gasteiger partial charge on any atom is 0.220 e. The van der Waals surface area contributed by atoms with Crippen LogP contribution in [0.1, 0.15) is 35.8 Å². The number of rotatable bonds is 1. The van der Waals surface area contributed by atoms with Gasteiger partial charge in [0.15, 0.2) is 0 Å². The summed E-state index contributed by atoms with van der Waals surface area (Å²) in [6.45, 7) is 4.13. The van der Waals surface area contributed by atoms with Crippen molar-refractivity contribution in [2.24, 2.45) is 12.8 Å². The van der Waals surface area contributed by atoms with Crippen molar-refractivity contribution < 1.29 is 4.79 Å². The smallest absolute Gasteiger partial charge is 0.220 e. The molecule has 4 nitrogen and oxygen atoms in total. The van der Waals surface area contributed by atoms with Crippen LogP contribution in [0.2, 0.25) is 0 Å². The number of nitrogens with zero attached hydrogens (tertiary/aromatic N) is 1. The van der Waals surface area contributed by atoms with Gasteiger partial charge in [-0.05, 0) is 31.9 Å². The van der Waals surface area contributed by atoms with Gasteiger partial charge in [0.05, 0.1) is 6.04 Å². The van der Waals surface area contributed by atoms with E-state index < -0.39 is 0 Å². The third-order valence-corrected chi connectivity index (χ3v) is 3.60. The van der Waals surface area contributed by atoms with Crippen LogP contribution in [-0.2, 0) is 11.8 Å². The number of nitrogens with two attached hydrogens (primary N) is 1. The van der Waals surface area contributed by atoms with E-state index in [9.17, 15) is 4.79 Å². The van der Waals surface area contributed by atoms with E-state index in [1.165, 1.54) is 11.4 Å². The summed E-state index contributed by atoms with van der Waals surface area (Å²) in [5.41, 5.74) is 9.61. The zero-order valence-corrected chi connectivity index (χ0v) is 10.1. The van der Waals surface area contributed by atoms with E-state index in [0.717, 1.165) is 12.0 Å². The number of nitrogens with one attached hydrogen (secondary N) is 1. The van der Waals surface area contributed by atoms with Crippen LogP contribution in [0.4, 0.5) is 0 Å². The molecule has 1 aromatic rings. The van der Waals surface area contributed by atoms with E-state index in [0.29, 0.717) is 6.42 Å². The molecule has 0 saturated carbocycles. The van der Waals surface area contributed by atoms with E-state index in [-0.39, 0.29) is 18.0 Å². The average Bonchev–Trinajstić information content (AvgIpc) is 2.50. The lowest BCUT2D eigenvalue weighted by molar-refractivity contribution is -0.123. The zero-order valence-electron chi connectivity index (χ0n) is 10.1. The SMILES string of the molecule is Cc1cc([C@H]2NC(=O)CC[C@@H]2N)c(C)n1C. The van der Waals surface area contributed by atoms with Crippen molar-refractivity contribution in [1.82, 2.24) is 9.88 Å². The zero-order chi connectivity index (χ0) is 11.9. The molecule has 1 aliphatic heterocycles. The minimum Gasteiger partial charge on any atom is -0.352 e. The largest absolute Gasteiger partial charge is 0.352 e. The molecule has 16 heavy (non-hydrogen) atoms. The van der Waals surface area contributed by atoms with E-state index >= 15 is 0 Å². The van der Waals surface area contributed by atoms with Crippen LogP contribution in [0, 0.1) is 13.8 Å².